The van der Waals surface area contributed by atoms with Gasteiger partial charge in [-0.15, -0.1) is 0 Å². The van der Waals surface area contributed by atoms with E-state index in [1.165, 1.54) is 18.6 Å². The van der Waals surface area contributed by atoms with Crippen LogP contribution < -0.4 is 10.6 Å². The van der Waals surface area contributed by atoms with Crippen LogP contribution in [0.15, 0.2) is 29.2 Å². The summed E-state index contributed by atoms with van der Waals surface area (Å²) in [5.41, 5.74) is -1.17. The number of halogens is 3. The highest BCUT2D eigenvalue weighted by Crippen LogP contribution is 2.36. The SMILES string of the molecule is O=C(NCC1CCCN1S(=O)(=O)c1ccccc1C(F)(F)F)N[C]1CCCCCCC1.[CH2].[CH2]. The standard InChI is InChI=1S/C21H29F3N3O3S.2CH2/c22-21(23,24)18-12-6-7-13-19(18)31(29,30)27-14-8-11-17(27)15-25-20(28)26-16-9-4-2-1-3-5-10-16;;/h6-7,12-13,17H,1-5,8-11,14-15H2,(H2,25,26,28);2*1H2. The molecule has 1 saturated heterocycles. The van der Waals surface area contributed by atoms with Crippen LogP contribution in [-0.4, -0.2) is 37.9 Å². The van der Waals surface area contributed by atoms with Crippen molar-refractivity contribution < 1.29 is 26.4 Å². The van der Waals surface area contributed by atoms with Crippen LogP contribution >= 0.6 is 0 Å². The monoisotopic (exact) mass is 488 g/mol. The molecule has 0 spiro atoms. The van der Waals surface area contributed by atoms with E-state index in [0.29, 0.717) is 12.8 Å². The zero-order valence-electron chi connectivity index (χ0n) is 18.8. The molecule has 1 heterocycles. The molecule has 33 heavy (non-hydrogen) atoms. The maximum atomic E-state index is 13.3. The smallest absolute Gasteiger partial charge is 0.337 e. The topological polar surface area (TPSA) is 78.5 Å². The summed E-state index contributed by atoms with van der Waals surface area (Å²) >= 11 is 0. The van der Waals surface area contributed by atoms with Gasteiger partial charge in [0.15, 0.2) is 0 Å². The number of nitrogens with one attached hydrogen (secondary N) is 2. The van der Waals surface area contributed by atoms with Crippen molar-refractivity contribution in [3.63, 3.8) is 0 Å². The average Bonchev–Trinajstić information content (AvgIpc) is 3.17. The Bertz CT molecular complexity index is 854. The van der Waals surface area contributed by atoms with Crippen LogP contribution in [0.3, 0.4) is 0 Å². The zero-order valence-corrected chi connectivity index (χ0v) is 19.6. The average molecular weight is 489 g/mol. The molecule has 10 heteroatoms. The lowest BCUT2D eigenvalue weighted by molar-refractivity contribution is -0.139. The van der Waals surface area contributed by atoms with Crippen LogP contribution in [0.5, 0.6) is 0 Å². The molecule has 5 radical (unpaired) electrons. The molecule has 2 aliphatic rings. The third-order valence-corrected chi connectivity index (χ3v) is 7.86. The Morgan fingerprint density at radius 3 is 2.24 bits per heavy atom. The number of carbonyl (C=O) groups excluding carboxylic acids is 1. The van der Waals surface area contributed by atoms with E-state index in [2.05, 4.69) is 10.6 Å². The molecule has 6 nitrogen and oxygen atoms in total. The second-order valence-corrected chi connectivity index (χ2v) is 9.97. The molecule has 185 valence electrons. The Morgan fingerprint density at radius 2 is 1.61 bits per heavy atom. The summed E-state index contributed by atoms with van der Waals surface area (Å²) in [4.78, 5) is 11.6. The van der Waals surface area contributed by atoms with E-state index in [4.69, 9.17) is 0 Å². The van der Waals surface area contributed by atoms with Crippen molar-refractivity contribution >= 4 is 16.1 Å². The predicted octanol–water partition coefficient (Wildman–Crippen LogP) is 5.09. The number of urea groups is 1. The summed E-state index contributed by atoms with van der Waals surface area (Å²) in [5.74, 6) is 0. The first-order valence-electron chi connectivity index (χ1n) is 10.8. The van der Waals surface area contributed by atoms with Crippen LogP contribution in [0.2, 0.25) is 0 Å². The minimum absolute atomic E-state index is 0. The van der Waals surface area contributed by atoms with E-state index < -0.39 is 38.7 Å². The lowest BCUT2D eigenvalue weighted by atomic mass is 9.97. The number of hydrogen-bond donors (Lipinski definition) is 2. The summed E-state index contributed by atoms with van der Waals surface area (Å²) < 4.78 is 67.2. The second kappa shape index (κ2) is 12.6. The van der Waals surface area contributed by atoms with Gasteiger partial charge in [-0.2, -0.15) is 17.5 Å². The van der Waals surface area contributed by atoms with Crippen molar-refractivity contribution in [1.29, 1.82) is 0 Å². The summed E-state index contributed by atoms with van der Waals surface area (Å²) in [5, 5.41) is 5.58. The molecule has 1 unspecified atom stereocenters. The molecule has 2 N–H and O–H groups in total. The first kappa shape index (κ1) is 29.2. The molecule has 2 fully saturated rings. The molecule has 0 aromatic heterocycles. The van der Waals surface area contributed by atoms with Gasteiger partial charge < -0.3 is 10.6 Å². The van der Waals surface area contributed by atoms with Gasteiger partial charge in [-0.1, -0.05) is 59.1 Å². The van der Waals surface area contributed by atoms with Crippen molar-refractivity contribution in [2.45, 2.75) is 74.9 Å². The van der Waals surface area contributed by atoms with Crippen molar-refractivity contribution in [2.24, 2.45) is 0 Å². The molecule has 3 rings (SSSR count). The van der Waals surface area contributed by atoms with Gasteiger partial charge in [-0.05, 0) is 37.8 Å². The van der Waals surface area contributed by atoms with Gasteiger partial charge in [0.25, 0.3) is 0 Å². The Labute approximate surface area is 196 Å². The fraction of sp³-hybridized carbons (Fsp3) is 0.565. The molecule has 0 bridgehead atoms. The Hall–Kier alpha value is -1.81. The number of benzene rings is 1. The van der Waals surface area contributed by atoms with Crippen LogP contribution in [0.4, 0.5) is 18.0 Å². The molecule has 1 aromatic carbocycles. The maximum Gasteiger partial charge on any atom is 0.417 e. The first-order chi connectivity index (χ1) is 14.7. The highest BCUT2D eigenvalue weighted by atomic mass is 32.2. The number of nitrogens with zero attached hydrogens (tertiary/aromatic N) is 1. The Morgan fingerprint density at radius 1 is 1.00 bits per heavy atom. The lowest BCUT2D eigenvalue weighted by Crippen LogP contribution is -2.46. The fourth-order valence-electron chi connectivity index (χ4n) is 4.25. The van der Waals surface area contributed by atoms with Crippen LogP contribution in [0, 0.1) is 20.9 Å². The molecule has 1 aromatic rings. The van der Waals surface area contributed by atoms with Crippen molar-refractivity contribution in [2.75, 3.05) is 13.1 Å². The van der Waals surface area contributed by atoms with E-state index in [-0.39, 0.29) is 27.9 Å². The number of rotatable bonds is 5. The van der Waals surface area contributed by atoms with Crippen molar-refractivity contribution in [3.05, 3.63) is 50.7 Å². The highest BCUT2D eigenvalue weighted by molar-refractivity contribution is 7.89. The molecule has 1 saturated carbocycles. The lowest BCUT2D eigenvalue weighted by Gasteiger charge is -2.26. The highest BCUT2D eigenvalue weighted by Gasteiger charge is 2.42. The molecule has 1 aliphatic carbocycles. The molecule has 1 atom stereocenters. The fourth-order valence-corrected chi connectivity index (χ4v) is 6.16. The van der Waals surface area contributed by atoms with Crippen LogP contribution in [-0.2, 0) is 16.2 Å². The molecule has 1 aliphatic heterocycles. The van der Waals surface area contributed by atoms with Crippen LogP contribution in [0.25, 0.3) is 0 Å². The number of amides is 2. The van der Waals surface area contributed by atoms with E-state index in [9.17, 15) is 26.4 Å². The minimum atomic E-state index is -4.77. The van der Waals surface area contributed by atoms with Crippen molar-refractivity contribution in [1.82, 2.24) is 14.9 Å². The summed E-state index contributed by atoms with van der Waals surface area (Å²) in [6.45, 7) is 0.173. The summed E-state index contributed by atoms with van der Waals surface area (Å²) in [6, 6.07) is 4.21. The van der Waals surface area contributed by atoms with Crippen LogP contribution in [0.1, 0.15) is 63.4 Å². The van der Waals surface area contributed by atoms with Gasteiger partial charge in [0.05, 0.1) is 16.5 Å². The zero-order chi connectivity index (χ0) is 22.5. The van der Waals surface area contributed by atoms with Gasteiger partial charge in [-0.3, -0.25) is 0 Å². The summed E-state index contributed by atoms with van der Waals surface area (Å²) in [7, 11) is -4.35. The third-order valence-electron chi connectivity index (χ3n) is 5.85. The predicted molar refractivity (Wildman–Crippen MR) is 121 cm³/mol. The number of alkyl halides is 3. The first-order valence-corrected chi connectivity index (χ1v) is 12.2. The van der Waals surface area contributed by atoms with E-state index in [0.717, 1.165) is 61.0 Å². The van der Waals surface area contributed by atoms with Gasteiger partial charge in [-0.25, -0.2) is 13.2 Å². The largest absolute Gasteiger partial charge is 0.417 e. The van der Waals surface area contributed by atoms with E-state index in [1.54, 1.807) is 0 Å². The van der Waals surface area contributed by atoms with E-state index in [1.807, 2.05) is 0 Å². The molecule has 2 amide bonds. The molecular formula is C23H33F3N3O3S. The maximum absolute atomic E-state index is 13.3. The third kappa shape index (κ3) is 7.60. The van der Waals surface area contributed by atoms with Gasteiger partial charge in [0.1, 0.15) is 0 Å². The summed E-state index contributed by atoms with van der Waals surface area (Å²) in [6.07, 6.45) is 3.46. The van der Waals surface area contributed by atoms with Gasteiger partial charge >= 0.3 is 12.2 Å². The second-order valence-electron chi connectivity index (χ2n) is 8.11. The number of sulfonamides is 1. The van der Waals surface area contributed by atoms with Crippen molar-refractivity contribution in [3.8, 4) is 0 Å². The minimum Gasteiger partial charge on any atom is -0.337 e. The normalized spacial score (nSPS) is 20.6. The Kier molecular flexibility index (Phi) is 11.2. The Balaban J connectivity index is 0.00000272. The molecular weight excluding hydrogens is 455 g/mol. The van der Waals surface area contributed by atoms with Gasteiger partial charge in [0.2, 0.25) is 10.0 Å². The quantitative estimate of drug-likeness (QED) is 0.606. The van der Waals surface area contributed by atoms with Gasteiger partial charge in [0, 0.05) is 19.1 Å². The number of hydrogen-bond acceptors (Lipinski definition) is 3. The number of carbonyl (C=O) groups is 1. The van der Waals surface area contributed by atoms with E-state index >= 15 is 0 Å².